The highest BCUT2D eigenvalue weighted by Gasteiger charge is 2.33. The van der Waals surface area contributed by atoms with E-state index in [9.17, 15) is 4.79 Å². The zero-order chi connectivity index (χ0) is 13.9. The SMILES string of the molecule is Cc1ccc(CN(C(=O)CSc2nccs2)C2CC2)o1. The van der Waals surface area contributed by atoms with E-state index in [0.29, 0.717) is 18.3 Å². The Kier molecular flexibility index (Phi) is 4.12. The number of thioether (sulfide) groups is 1. The molecule has 1 aliphatic carbocycles. The van der Waals surface area contributed by atoms with Crippen LogP contribution in [0, 0.1) is 6.92 Å². The summed E-state index contributed by atoms with van der Waals surface area (Å²) < 4.78 is 6.53. The van der Waals surface area contributed by atoms with Gasteiger partial charge < -0.3 is 9.32 Å². The van der Waals surface area contributed by atoms with Crippen molar-refractivity contribution in [3.05, 3.63) is 35.2 Å². The lowest BCUT2D eigenvalue weighted by atomic mass is 10.3. The van der Waals surface area contributed by atoms with E-state index in [1.807, 2.05) is 29.3 Å². The van der Waals surface area contributed by atoms with E-state index in [4.69, 9.17) is 4.42 Å². The van der Waals surface area contributed by atoms with Crippen LogP contribution in [0.3, 0.4) is 0 Å². The van der Waals surface area contributed by atoms with Crippen molar-refractivity contribution in [3.8, 4) is 0 Å². The van der Waals surface area contributed by atoms with Gasteiger partial charge in [-0.3, -0.25) is 4.79 Å². The van der Waals surface area contributed by atoms with Gasteiger partial charge in [0.25, 0.3) is 0 Å². The van der Waals surface area contributed by atoms with Gasteiger partial charge in [0.2, 0.25) is 5.91 Å². The molecule has 0 saturated heterocycles. The number of hydrogen-bond donors (Lipinski definition) is 0. The van der Waals surface area contributed by atoms with Crippen LogP contribution in [0.15, 0.2) is 32.5 Å². The first-order chi connectivity index (χ1) is 9.72. The average Bonchev–Trinajstić information content (AvgIpc) is 2.97. The summed E-state index contributed by atoms with van der Waals surface area (Å²) in [7, 11) is 0. The summed E-state index contributed by atoms with van der Waals surface area (Å²) >= 11 is 3.08. The van der Waals surface area contributed by atoms with E-state index in [2.05, 4.69) is 4.98 Å². The lowest BCUT2D eigenvalue weighted by Gasteiger charge is -2.20. The molecule has 3 rings (SSSR count). The monoisotopic (exact) mass is 308 g/mol. The average molecular weight is 308 g/mol. The summed E-state index contributed by atoms with van der Waals surface area (Å²) in [5, 5.41) is 1.93. The number of carbonyl (C=O) groups excluding carboxylic acids is 1. The zero-order valence-corrected chi connectivity index (χ0v) is 12.9. The molecule has 0 N–H and O–H groups in total. The summed E-state index contributed by atoms with van der Waals surface area (Å²) in [5.74, 6) is 2.37. The van der Waals surface area contributed by atoms with Gasteiger partial charge in [0.15, 0.2) is 0 Å². The number of carbonyl (C=O) groups is 1. The molecule has 6 heteroatoms. The molecule has 0 bridgehead atoms. The highest BCUT2D eigenvalue weighted by atomic mass is 32.2. The van der Waals surface area contributed by atoms with Crippen LogP contribution in [0.2, 0.25) is 0 Å². The minimum absolute atomic E-state index is 0.168. The fourth-order valence-corrected chi connectivity index (χ4v) is 3.56. The maximum Gasteiger partial charge on any atom is 0.233 e. The molecule has 2 aromatic heterocycles. The number of rotatable bonds is 6. The van der Waals surface area contributed by atoms with Gasteiger partial charge >= 0.3 is 0 Å². The standard InChI is InChI=1S/C14H16N2O2S2/c1-10-2-5-12(18-10)8-16(11-3-4-11)13(17)9-20-14-15-6-7-19-14/h2,5-7,11H,3-4,8-9H2,1H3. The number of thiazole rings is 1. The van der Waals surface area contributed by atoms with Gasteiger partial charge in [-0.05, 0) is 31.9 Å². The molecule has 1 amide bonds. The summed E-state index contributed by atoms with van der Waals surface area (Å²) in [6, 6.07) is 4.28. The first kappa shape index (κ1) is 13.7. The van der Waals surface area contributed by atoms with E-state index < -0.39 is 0 Å². The van der Waals surface area contributed by atoms with Crippen molar-refractivity contribution < 1.29 is 9.21 Å². The number of amides is 1. The normalized spacial score (nSPS) is 14.4. The smallest absolute Gasteiger partial charge is 0.233 e. The van der Waals surface area contributed by atoms with Crippen molar-refractivity contribution in [2.75, 3.05) is 5.75 Å². The van der Waals surface area contributed by atoms with Gasteiger partial charge in [0, 0.05) is 17.6 Å². The van der Waals surface area contributed by atoms with Crippen LogP contribution in [-0.4, -0.2) is 27.6 Å². The molecule has 0 aromatic carbocycles. The second-order valence-corrected chi connectivity index (χ2v) is 6.97. The van der Waals surface area contributed by atoms with E-state index >= 15 is 0 Å². The third-order valence-corrected chi connectivity index (χ3v) is 5.11. The highest BCUT2D eigenvalue weighted by Crippen LogP contribution is 2.30. The van der Waals surface area contributed by atoms with Crippen LogP contribution in [-0.2, 0) is 11.3 Å². The van der Waals surface area contributed by atoms with E-state index in [1.165, 1.54) is 11.8 Å². The van der Waals surface area contributed by atoms with Gasteiger partial charge in [-0.2, -0.15) is 0 Å². The maximum absolute atomic E-state index is 12.4. The molecule has 0 radical (unpaired) electrons. The molecule has 2 heterocycles. The Balaban J connectivity index is 1.59. The van der Waals surface area contributed by atoms with Gasteiger partial charge in [0.1, 0.15) is 15.9 Å². The van der Waals surface area contributed by atoms with Crippen molar-refractivity contribution >= 4 is 29.0 Å². The molecule has 4 nitrogen and oxygen atoms in total. The van der Waals surface area contributed by atoms with Crippen molar-refractivity contribution in [3.63, 3.8) is 0 Å². The van der Waals surface area contributed by atoms with Crippen molar-refractivity contribution in [2.24, 2.45) is 0 Å². The first-order valence-corrected chi connectivity index (χ1v) is 8.46. The summed E-state index contributed by atoms with van der Waals surface area (Å²) in [5.41, 5.74) is 0. The van der Waals surface area contributed by atoms with Crippen LogP contribution in [0.1, 0.15) is 24.4 Å². The third-order valence-electron chi connectivity index (χ3n) is 3.16. The summed E-state index contributed by atoms with van der Waals surface area (Å²) in [4.78, 5) is 18.5. The Morgan fingerprint density at radius 2 is 2.40 bits per heavy atom. The van der Waals surface area contributed by atoms with Gasteiger partial charge in [-0.25, -0.2) is 4.98 Å². The van der Waals surface area contributed by atoms with Crippen LogP contribution >= 0.6 is 23.1 Å². The molecule has 1 aliphatic rings. The van der Waals surface area contributed by atoms with E-state index in [0.717, 1.165) is 28.7 Å². The second kappa shape index (κ2) is 6.01. The lowest BCUT2D eigenvalue weighted by Crippen LogP contribution is -2.33. The first-order valence-electron chi connectivity index (χ1n) is 6.59. The van der Waals surface area contributed by atoms with Crippen molar-refractivity contribution in [1.82, 2.24) is 9.88 Å². The molecule has 1 fully saturated rings. The second-order valence-electron chi connectivity index (χ2n) is 4.85. The Labute approximate surface area is 126 Å². The quantitative estimate of drug-likeness (QED) is 0.768. The number of furan rings is 1. The Morgan fingerprint density at radius 3 is 3.00 bits per heavy atom. The van der Waals surface area contributed by atoms with Crippen molar-refractivity contribution in [1.29, 1.82) is 0 Å². The number of aryl methyl sites for hydroxylation is 1. The van der Waals surface area contributed by atoms with Crippen LogP contribution in [0.25, 0.3) is 0 Å². The Hall–Kier alpha value is -1.27. The fourth-order valence-electron chi connectivity index (χ4n) is 2.03. The van der Waals surface area contributed by atoms with E-state index in [-0.39, 0.29) is 5.91 Å². The molecule has 20 heavy (non-hydrogen) atoms. The van der Waals surface area contributed by atoms with Gasteiger partial charge in [-0.1, -0.05) is 11.8 Å². The predicted molar refractivity (Wildman–Crippen MR) is 79.9 cm³/mol. The topological polar surface area (TPSA) is 46.3 Å². The van der Waals surface area contributed by atoms with Crippen LogP contribution in [0.5, 0.6) is 0 Å². The Bertz CT molecular complexity index is 576. The molecule has 1 saturated carbocycles. The Morgan fingerprint density at radius 1 is 1.55 bits per heavy atom. The highest BCUT2D eigenvalue weighted by molar-refractivity contribution is 8.01. The predicted octanol–water partition coefficient (Wildman–Crippen LogP) is 3.33. The number of nitrogens with zero attached hydrogens (tertiary/aromatic N) is 2. The molecule has 0 aliphatic heterocycles. The lowest BCUT2D eigenvalue weighted by molar-refractivity contribution is -0.129. The van der Waals surface area contributed by atoms with Crippen LogP contribution < -0.4 is 0 Å². The zero-order valence-electron chi connectivity index (χ0n) is 11.2. The summed E-state index contributed by atoms with van der Waals surface area (Å²) in [6.45, 7) is 2.50. The van der Waals surface area contributed by atoms with Gasteiger partial charge in [-0.15, -0.1) is 11.3 Å². The molecular weight excluding hydrogens is 292 g/mol. The molecule has 106 valence electrons. The molecule has 0 unspecified atom stereocenters. The van der Waals surface area contributed by atoms with Crippen LogP contribution in [0.4, 0.5) is 0 Å². The summed E-state index contributed by atoms with van der Waals surface area (Å²) in [6.07, 6.45) is 3.97. The molecule has 0 spiro atoms. The number of hydrogen-bond acceptors (Lipinski definition) is 5. The number of aromatic nitrogens is 1. The van der Waals surface area contributed by atoms with Crippen molar-refractivity contribution in [2.45, 2.75) is 36.7 Å². The largest absolute Gasteiger partial charge is 0.464 e. The third kappa shape index (κ3) is 3.43. The minimum Gasteiger partial charge on any atom is -0.464 e. The molecule has 0 atom stereocenters. The van der Waals surface area contributed by atoms with E-state index in [1.54, 1.807) is 17.5 Å². The minimum atomic E-state index is 0.168. The fraction of sp³-hybridized carbons (Fsp3) is 0.429. The van der Waals surface area contributed by atoms with Gasteiger partial charge in [0.05, 0.1) is 12.3 Å². The molecular formula is C14H16N2O2S2. The maximum atomic E-state index is 12.4. The molecule has 2 aromatic rings.